The fourth-order valence-electron chi connectivity index (χ4n) is 3.38. The normalized spacial score (nSPS) is 12.1. The molecule has 0 aromatic heterocycles. The summed E-state index contributed by atoms with van der Waals surface area (Å²) in [5.74, 6) is 0. The quantitative estimate of drug-likeness (QED) is 0.429. The highest BCUT2D eigenvalue weighted by atomic mass is 32.2. The average molecular weight is 432 g/mol. The molecule has 0 aliphatic carbocycles. The van der Waals surface area contributed by atoms with Crippen molar-refractivity contribution in [2.75, 3.05) is 0 Å². The molecule has 3 aromatic carbocycles. The molecule has 3 aromatic rings. The molecule has 3 nitrogen and oxygen atoms in total. The van der Waals surface area contributed by atoms with E-state index in [1.165, 1.54) is 0 Å². The van der Waals surface area contributed by atoms with E-state index in [0.29, 0.717) is 12.1 Å². The topological polar surface area (TPSA) is 46.2 Å². The number of nitrogens with one attached hydrogen (secondary N) is 1. The molecule has 3 rings (SSSR count). The highest BCUT2D eigenvalue weighted by Crippen LogP contribution is 2.32. The lowest BCUT2D eigenvalue weighted by atomic mass is 9.92. The van der Waals surface area contributed by atoms with Crippen LogP contribution in [-0.4, -0.2) is 8.42 Å². The van der Waals surface area contributed by atoms with Crippen LogP contribution >= 0.6 is 0 Å². The van der Waals surface area contributed by atoms with Gasteiger partial charge in [0.2, 0.25) is 0 Å². The summed E-state index contributed by atoms with van der Waals surface area (Å²) in [6, 6.07) is 27.2. The summed E-state index contributed by atoms with van der Waals surface area (Å²) < 4.78 is 29.0. The minimum atomic E-state index is -3.67. The van der Waals surface area contributed by atoms with Gasteiger partial charge in [0, 0.05) is 12.1 Å². The highest BCUT2D eigenvalue weighted by Gasteiger charge is 2.18. The van der Waals surface area contributed by atoms with Crippen LogP contribution in [0.25, 0.3) is 11.1 Å². The van der Waals surface area contributed by atoms with Crippen molar-refractivity contribution in [2.45, 2.75) is 39.0 Å². The molecule has 0 saturated carbocycles. The van der Waals surface area contributed by atoms with Crippen LogP contribution in [-0.2, 0) is 10.0 Å². The number of hydrogen-bond acceptors (Lipinski definition) is 2. The molecule has 0 heterocycles. The third-order valence-corrected chi connectivity index (χ3v) is 6.74. The standard InChI is InChI=1S/C27H29NO2S/c1-20(2)27(28-31(29,30)25-17-15-21(3)16-18-25)19-26(24-13-9-6-10-14-24)22(4)23-11-7-5-8-12-23/h5-18,28H,19H2,1-4H3/b26-22-. The number of aryl methyl sites for hydroxylation is 1. The van der Waals surface area contributed by atoms with Gasteiger partial charge in [0.25, 0.3) is 10.0 Å². The predicted molar refractivity (Wildman–Crippen MR) is 130 cm³/mol. The molecule has 0 radical (unpaired) electrons. The van der Waals surface area contributed by atoms with E-state index in [9.17, 15) is 8.42 Å². The zero-order chi connectivity index (χ0) is 22.4. The summed E-state index contributed by atoms with van der Waals surface area (Å²) in [6.07, 6.45) is 0.484. The Morgan fingerprint density at radius 2 is 1.26 bits per heavy atom. The fourth-order valence-corrected chi connectivity index (χ4v) is 4.60. The largest absolute Gasteiger partial charge is 0.283 e. The molecule has 0 amide bonds. The Bertz CT molecular complexity index is 1190. The van der Waals surface area contributed by atoms with Crippen LogP contribution in [0, 0.1) is 6.92 Å². The van der Waals surface area contributed by atoms with Crippen LogP contribution in [0.1, 0.15) is 43.9 Å². The van der Waals surface area contributed by atoms with Crippen LogP contribution in [0.15, 0.2) is 101 Å². The zero-order valence-corrected chi connectivity index (χ0v) is 19.3. The van der Waals surface area contributed by atoms with Gasteiger partial charge in [-0.25, -0.2) is 8.42 Å². The van der Waals surface area contributed by atoms with E-state index in [-0.39, 0.29) is 4.90 Å². The van der Waals surface area contributed by atoms with E-state index in [1.54, 1.807) is 12.1 Å². The van der Waals surface area contributed by atoms with Gasteiger partial charge < -0.3 is 0 Å². The van der Waals surface area contributed by atoms with Crippen LogP contribution < -0.4 is 4.72 Å². The van der Waals surface area contributed by atoms with Crippen molar-refractivity contribution >= 4 is 21.2 Å². The maximum atomic E-state index is 13.1. The number of benzene rings is 3. The molecule has 0 saturated heterocycles. The summed E-state index contributed by atoms with van der Waals surface area (Å²) in [7, 11) is -3.67. The summed E-state index contributed by atoms with van der Waals surface area (Å²) >= 11 is 0. The maximum absolute atomic E-state index is 13.1. The molecule has 0 atom stereocenters. The van der Waals surface area contributed by atoms with Gasteiger partial charge in [-0.1, -0.05) is 83.9 Å². The number of allylic oxidation sites excluding steroid dienone is 3. The Morgan fingerprint density at radius 3 is 1.77 bits per heavy atom. The van der Waals surface area contributed by atoms with Crippen molar-refractivity contribution in [1.82, 2.24) is 4.72 Å². The first-order valence-electron chi connectivity index (χ1n) is 10.3. The SMILES string of the molecule is CC(C)=C(C/C(=C(\C)c1ccccc1)c1ccccc1)NS(=O)(=O)c1ccc(C)cc1. The Balaban J connectivity index is 2.02. The van der Waals surface area contributed by atoms with Crippen molar-refractivity contribution in [2.24, 2.45) is 0 Å². The second kappa shape index (κ2) is 9.80. The van der Waals surface area contributed by atoms with Gasteiger partial charge in [-0.2, -0.15) is 0 Å². The second-order valence-corrected chi connectivity index (χ2v) is 9.59. The zero-order valence-electron chi connectivity index (χ0n) is 18.5. The van der Waals surface area contributed by atoms with E-state index >= 15 is 0 Å². The molecular weight excluding hydrogens is 402 g/mol. The van der Waals surface area contributed by atoms with Crippen LogP contribution in [0.5, 0.6) is 0 Å². The lowest BCUT2D eigenvalue weighted by Gasteiger charge is -2.19. The first-order valence-corrected chi connectivity index (χ1v) is 11.8. The van der Waals surface area contributed by atoms with Gasteiger partial charge >= 0.3 is 0 Å². The van der Waals surface area contributed by atoms with Crippen LogP contribution in [0.2, 0.25) is 0 Å². The van der Waals surface area contributed by atoms with Gasteiger partial charge in [-0.15, -0.1) is 0 Å². The molecule has 0 unspecified atom stereocenters. The Morgan fingerprint density at radius 1 is 0.742 bits per heavy atom. The lowest BCUT2D eigenvalue weighted by Crippen LogP contribution is -2.24. The first kappa shape index (κ1) is 22.6. The highest BCUT2D eigenvalue weighted by molar-refractivity contribution is 7.89. The van der Waals surface area contributed by atoms with Gasteiger partial charge in [0.1, 0.15) is 0 Å². The van der Waals surface area contributed by atoms with Crippen molar-refractivity contribution in [3.63, 3.8) is 0 Å². The summed E-state index contributed by atoms with van der Waals surface area (Å²) in [5, 5.41) is 0. The minimum Gasteiger partial charge on any atom is -0.283 e. The minimum absolute atomic E-state index is 0.266. The van der Waals surface area contributed by atoms with Crippen LogP contribution in [0.3, 0.4) is 0 Å². The monoisotopic (exact) mass is 431 g/mol. The van der Waals surface area contributed by atoms with Crippen molar-refractivity contribution in [3.05, 3.63) is 113 Å². The molecule has 1 N–H and O–H groups in total. The maximum Gasteiger partial charge on any atom is 0.261 e. The Hall–Kier alpha value is -3.11. The van der Waals surface area contributed by atoms with Crippen molar-refractivity contribution in [3.8, 4) is 0 Å². The van der Waals surface area contributed by atoms with Crippen LogP contribution in [0.4, 0.5) is 0 Å². The fraction of sp³-hybridized carbons (Fsp3) is 0.185. The van der Waals surface area contributed by atoms with E-state index in [2.05, 4.69) is 35.9 Å². The predicted octanol–water partition coefficient (Wildman–Crippen LogP) is 6.59. The van der Waals surface area contributed by atoms with E-state index < -0.39 is 10.0 Å². The lowest BCUT2D eigenvalue weighted by molar-refractivity contribution is 0.587. The number of rotatable bonds is 7. The molecule has 0 aliphatic heterocycles. The third kappa shape index (κ3) is 5.74. The molecule has 0 spiro atoms. The molecule has 0 aliphatic rings. The Labute approximate surface area is 186 Å². The van der Waals surface area contributed by atoms with Gasteiger partial charge in [-0.3, -0.25) is 4.72 Å². The van der Waals surface area contributed by atoms with Gasteiger partial charge in [0.15, 0.2) is 0 Å². The third-order valence-electron chi connectivity index (χ3n) is 5.33. The van der Waals surface area contributed by atoms with Gasteiger partial charge in [-0.05, 0) is 62.1 Å². The summed E-state index contributed by atoms with van der Waals surface area (Å²) in [5.41, 5.74) is 7.07. The summed E-state index contributed by atoms with van der Waals surface area (Å²) in [4.78, 5) is 0.266. The average Bonchev–Trinajstić information content (AvgIpc) is 2.77. The molecule has 160 valence electrons. The first-order chi connectivity index (χ1) is 14.8. The number of hydrogen-bond donors (Lipinski definition) is 1. The molecule has 31 heavy (non-hydrogen) atoms. The van der Waals surface area contributed by atoms with Gasteiger partial charge in [0.05, 0.1) is 4.90 Å². The van der Waals surface area contributed by atoms with E-state index in [4.69, 9.17) is 0 Å². The van der Waals surface area contributed by atoms with Crippen molar-refractivity contribution in [1.29, 1.82) is 0 Å². The number of sulfonamides is 1. The molecule has 0 bridgehead atoms. The molecule has 4 heteroatoms. The van der Waals surface area contributed by atoms with Crippen molar-refractivity contribution < 1.29 is 8.42 Å². The smallest absolute Gasteiger partial charge is 0.261 e. The Kier molecular flexibility index (Phi) is 7.13. The summed E-state index contributed by atoms with van der Waals surface area (Å²) in [6.45, 7) is 7.91. The molecule has 0 fully saturated rings. The second-order valence-electron chi connectivity index (χ2n) is 7.91. The molecular formula is C27H29NO2S. The van der Waals surface area contributed by atoms with E-state index in [0.717, 1.165) is 33.4 Å². The van der Waals surface area contributed by atoms with E-state index in [1.807, 2.05) is 69.3 Å².